The highest BCUT2D eigenvalue weighted by Gasteiger charge is 2.63. The number of aliphatic imine (C=N–C) groups is 1. The van der Waals surface area contributed by atoms with Crippen LogP contribution in [0.3, 0.4) is 0 Å². The number of carbonyl (C=O) groups is 7. The van der Waals surface area contributed by atoms with E-state index in [0.29, 0.717) is 22.6 Å². The number of carboxylic acid groups (broad SMARTS) is 2. The van der Waals surface area contributed by atoms with Crippen LogP contribution in [-0.2, 0) is 28.8 Å². The Hall–Kier alpha value is -5.10. The van der Waals surface area contributed by atoms with Gasteiger partial charge in [-0.25, -0.2) is 4.79 Å². The van der Waals surface area contributed by atoms with Crippen LogP contribution in [0.1, 0.15) is 50.6 Å². The van der Waals surface area contributed by atoms with Crippen LogP contribution in [0.2, 0.25) is 0 Å². The number of nitrogens with one attached hydrogen (secondary N) is 2. The highest BCUT2D eigenvalue weighted by atomic mass is 16.4. The van der Waals surface area contributed by atoms with Crippen LogP contribution >= 0.6 is 0 Å². The lowest BCUT2D eigenvalue weighted by Gasteiger charge is -2.47. The predicted octanol–water partition coefficient (Wildman–Crippen LogP) is -2.40. The summed E-state index contributed by atoms with van der Waals surface area (Å²) in [4.78, 5) is 98.1. The van der Waals surface area contributed by atoms with Crippen molar-refractivity contribution >= 4 is 47.4 Å². The lowest BCUT2D eigenvalue weighted by molar-refractivity contribution is -0.165. The molecule has 12 N–H and O–H groups in total. The highest BCUT2D eigenvalue weighted by Crippen LogP contribution is 2.40. The second-order valence-corrected chi connectivity index (χ2v) is 10.6. The number of nitrogens with two attached hydrogens (primary N) is 4. The summed E-state index contributed by atoms with van der Waals surface area (Å²) >= 11 is 0. The van der Waals surface area contributed by atoms with Crippen LogP contribution in [0.4, 0.5) is 4.79 Å². The van der Waals surface area contributed by atoms with Crippen LogP contribution in [0.25, 0.3) is 0 Å². The zero-order chi connectivity index (χ0) is 34.6. The molecule has 252 valence electrons. The molecule has 46 heavy (non-hydrogen) atoms. The number of nitrogens with zero attached hydrogens (tertiary/aromatic N) is 3. The number of benzene rings is 1. The van der Waals surface area contributed by atoms with Gasteiger partial charge in [0.2, 0.25) is 11.4 Å². The first kappa shape index (κ1) is 37.1. The van der Waals surface area contributed by atoms with Gasteiger partial charge in [-0.05, 0) is 44.7 Å². The van der Waals surface area contributed by atoms with E-state index < -0.39 is 78.1 Å². The lowest BCUT2D eigenvalue weighted by atomic mass is 9.77. The molecule has 1 aromatic carbocycles. The molecule has 1 aromatic rings. The second-order valence-electron chi connectivity index (χ2n) is 10.6. The normalized spacial score (nSPS) is 16.8. The summed E-state index contributed by atoms with van der Waals surface area (Å²) < 4.78 is 0. The van der Waals surface area contributed by atoms with Gasteiger partial charge in [0, 0.05) is 13.1 Å². The summed E-state index contributed by atoms with van der Waals surface area (Å²) in [6, 6.07) is 1.26. The van der Waals surface area contributed by atoms with Crippen molar-refractivity contribution in [1.82, 2.24) is 20.4 Å². The maximum absolute atomic E-state index is 14.4. The van der Waals surface area contributed by atoms with Gasteiger partial charge >= 0.3 is 18.0 Å². The lowest BCUT2D eigenvalue weighted by Crippen LogP contribution is -2.73. The topological polar surface area (TPSA) is 307 Å². The van der Waals surface area contributed by atoms with E-state index in [0.717, 1.165) is 6.92 Å². The molecule has 1 aliphatic rings. The summed E-state index contributed by atoms with van der Waals surface area (Å²) in [5.74, 6) is -8.03. The standard InChI is InChI=1S/C28H41N9O9/c1-16(38)28(25(45)33-12-6-5-11-29,36(15-21(41)42)23(43)18(30)14-20(39)40)22(17-8-3-2-4-9-17)37-24(44)19(35-27(37)46)10-7-13-34-26(31)32/h2-4,8-9,18-19,22H,5-7,10-15,29-30H2,1H3,(H,33,45)(H,35,46)(H,39,40)(H,41,42)(H4,31,32,34)/t18-,19-,22?,28-/m0/s1. The highest BCUT2D eigenvalue weighted by molar-refractivity contribution is 6.16. The van der Waals surface area contributed by atoms with E-state index in [9.17, 15) is 43.8 Å². The predicted molar refractivity (Wildman–Crippen MR) is 163 cm³/mol. The Bertz CT molecular complexity index is 1340. The molecule has 18 nitrogen and oxygen atoms in total. The molecule has 2 rings (SSSR count). The third-order valence-corrected chi connectivity index (χ3v) is 7.26. The molecule has 1 unspecified atom stereocenters. The van der Waals surface area contributed by atoms with E-state index >= 15 is 0 Å². The van der Waals surface area contributed by atoms with E-state index in [2.05, 4.69) is 15.6 Å². The molecule has 0 aliphatic carbocycles. The maximum Gasteiger partial charge on any atom is 0.325 e. The van der Waals surface area contributed by atoms with Gasteiger partial charge in [-0.3, -0.25) is 38.7 Å². The number of urea groups is 1. The molecule has 1 saturated heterocycles. The Kier molecular flexibility index (Phi) is 13.6. The average Bonchev–Trinajstić information content (AvgIpc) is 3.26. The monoisotopic (exact) mass is 647 g/mol. The number of rotatable bonds is 19. The molecule has 0 spiro atoms. The molecule has 0 saturated carbocycles. The minimum Gasteiger partial charge on any atom is -0.481 e. The fraction of sp³-hybridized carbons (Fsp3) is 0.500. The van der Waals surface area contributed by atoms with E-state index in [-0.39, 0.29) is 44.0 Å². The first-order chi connectivity index (χ1) is 21.7. The van der Waals surface area contributed by atoms with Gasteiger partial charge in [0.05, 0.1) is 12.5 Å². The molecule has 1 heterocycles. The number of amides is 5. The van der Waals surface area contributed by atoms with Crippen LogP contribution in [0.15, 0.2) is 35.3 Å². The number of aliphatic carboxylic acids is 2. The van der Waals surface area contributed by atoms with Crippen LogP contribution in [0.5, 0.6) is 0 Å². The van der Waals surface area contributed by atoms with Crippen molar-refractivity contribution in [2.45, 2.75) is 62.7 Å². The van der Waals surface area contributed by atoms with Gasteiger partial charge in [-0.15, -0.1) is 0 Å². The Labute approximate surface area is 264 Å². The van der Waals surface area contributed by atoms with Crippen molar-refractivity contribution in [3.05, 3.63) is 35.9 Å². The number of imide groups is 1. The molecular formula is C28H41N9O9. The summed E-state index contributed by atoms with van der Waals surface area (Å²) in [5.41, 5.74) is 19.2. The zero-order valence-electron chi connectivity index (χ0n) is 25.4. The van der Waals surface area contributed by atoms with E-state index in [4.69, 9.17) is 22.9 Å². The van der Waals surface area contributed by atoms with Crippen molar-refractivity contribution in [2.24, 2.45) is 27.9 Å². The van der Waals surface area contributed by atoms with Crippen LogP contribution < -0.4 is 33.6 Å². The maximum atomic E-state index is 14.4. The quantitative estimate of drug-likeness (QED) is 0.0256. The Morgan fingerprint density at radius 1 is 1.07 bits per heavy atom. The molecule has 0 aromatic heterocycles. The third-order valence-electron chi connectivity index (χ3n) is 7.26. The summed E-state index contributed by atoms with van der Waals surface area (Å²) in [5, 5.41) is 24.2. The van der Waals surface area contributed by atoms with Crippen molar-refractivity contribution in [3.8, 4) is 0 Å². The number of unbranched alkanes of at least 4 members (excludes halogenated alkanes) is 1. The average molecular weight is 648 g/mol. The van der Waals surface area contributed by atoms with E-state index in [1.54, 1.807) is 6.07 Å². The number of carbonyl (C=O) groups excluding carboxylic acids is 5. The fourth-order valence-electron chi connectivity index (χ4n) is 5.23. The third kappa shape index (κ3) is 8.75. The van der Waals surface area contributed by atoms with Crippen molar-refractivity contribution in [1.29, 1.82) is 0 Å². The Morgan fingerprint density at radius 2 is 1.72 bits per heavy atom. The number of hydrogen-bond acceptors (Lipinski definition) is 10. The molecule has 0 bridgehead atoms. The van der Waals surface area contributed by atoms with Gasteiger partial charge in [0.25, 0.3) is 11.8 Å². The summed E-state index contributed by atoms with van der Waals surface area (Å²) in [6.07, 6.45) is 0.0620. The largest absolute Gasteiger partial charge is 0.481 e. The fourth-order valence-corrected chi connectivity index (χ4v) is 5.23. The van der Waals surface area contributed by atoms with Crippen LogP contribution in [0, 0.1) is 0 Å². The molecule has 1 aliphatic heterocycles. The summed E-state index contributed by atoms with van der Waals surface area (Å²) in [6.45, 7) is -0.130. The van der Waals surface area contributed by atoms with Gasteiger partial charge < -0.3 is 48.7 Å². The minimum absolute atomic E-state index is 0.00876. The number of ketones is 1. The molecule has 0 radical (unpaired) electrons. The number of carboxylic acids is 2. The number of guanidine groups is 1. The number of hydrogen-bond donors (Lipinski definition) is 8. The first-order valence-electron chi connectivity index (χ1n) is 14.4. The zero-order valence-corrected chi connectivity index (χ0v) is 25.4. The van der Waals surface area contributed by atoms with Gasteiger partial charge in [0.15, 0.2) is 11.7 Å². The summed E-state index contributed by atoms with van der Waals surface area (Å²) in [7, 11) is 0. The van der Waals surface area contributed by atoms with E-state index in [1.807, 2.05) is 0 Å². The smallest absolute Gasteiger partial charge is 0.325 e. The Balaban J connectivity index is 2.89. The SMILES string of the molecule is CC(=O)[C@@](C(=O)NCCCCN)(C(c1ccccc1)N1C(=O)N[C@@H](CCCN=C(N)N)C1=O)N(CC(=O)O)C(=O)[C@@H](N)CC(=O)O. The molecule has 4 atom stereocenters. The van der Waals surface area contributed by atoms with Crippen molar-refractivity contribution < 1.29 is 43.8 Å². The van der Waals surface area contributed by atoms with Crippen molar-refractivity contribution in [2.75, 3.05) is 26.2 Å². The van der Waals surface area contributed by atoms with Crippen molar-refractivity contribution in [3.63, 3.8) is 0 Å². The molecular weight excluding hydrogens is 606 g/mol. The van der Waals surface area contributed by atoms with Gasteiger partial charge in [-0.1, -0.05) is 30.3 Å². The molecule has 5 amide bonds. The van der Waals surface area contributed by atoms with E-state index in [1.165, 1.54) is 24.3 Å². The van der Waals surface area contributed by atoms with Crippen LogP contribution in [-0.4, -0.2) is 111 Å². The Morgan fingerprint density at radius 3 is 2.26 bits per heavy atom. The molecule has 18 heteroatoms. The second kappa shape index (κ2) is 16.8. The minimum atomic E-state index is -2.93. The van der Waals surface area contributed by atoms with Gasteiger partial charge in [0.1, 0.15) is 18.6 Å². The molecule has 1 fully saturated rings. The number of Topliss-reactive ketones (excluding diaryl/α,β-unsaturated/α-hetero) is 1. The van der Waals surface area contributed by atoms with Gasteiger partial charge in [-0.2, -0.15) is 0 Å². The first-order valence-corrected chi connectivity index (χ1v) is 14.4.